The fourth-order valence-corrected chi connectivity index (χ4v) is 0.628. The van der Waals surface area contributed by atoms with Crippen molar-refractivity contribution in [3.8, 4) is 5.75 Å². The van der Waals surface area contributed by atoms with Crippen LogP contribution >= 0.6 is 0 Å². The van der Waals surface area contributed by atoms with Gasteiger partial charge in [0.2, 0.25) is 0 Å². The van der Waals surface area contributed by atoms with Crippen LogP contribution in [0.5, 0.6) is 5.75 Å². The average Bonchev–Trinajstić information content (AvgIpc) is 1.88. The molecule has 1 heteroatoms. The van der Waals surface area contributed by atoms with Gasteiger partial charge in [0.1, 0.15) is 5.75 Å². The number of benzene rings is 1. The molecule has 0 aliphatic carbocycles. The third-order valence-corrected chi connectivity index (χ3v) is 1.06. The summed E-state index contributed by atoms with van der Waals surface area (Å²) in [6.45, 7) is 1.19. The Morgan fingerprint density at radius 2 is 2.56 bits per heavy atom. The summed E-state index contributed by atoms with van der Waals surface area (Å²) in [6, 6.07) is 6.77. The molecule has 0 aliphatic rings. The lowest BCUT2D eigenvalue weighted by Crippen LogP contribution is -1.67. The smallest absolute Gasteiger partial charge is 0.116 e. The molecular weight excluding hydrogens is 112 g/mol. The van der Waals surface area contributed by atoms with Gasteiger partial charge in [-0.3, -0.25) is 0 Å². The highest BCUT2D eigenvalue weighted by atomic mass is 16.3. The van der Waals surface area contributed by atoms with Crippen molar-refractivity contribution in [1.29, 1.82) is 0 Å². The van der Waals surface area contributed by atoms with Crippen molar-refractivity contribution in [3.05, 3.63) is 36.4 Å². The Morgan fingerprint density at radius 3 is 3.22 bits per heavy atom. The van der Waals surface area contributed by atoms with E-state index >= 15 is 0 Å². The Kier molecular flexibility index (Phi) is 1.21. The van der Waals surface area contributed by atoms with E-state index in [1.807, 2.05) is 6.07 Å². The van der Waals surface area contributed by atoms with Gasteiger partial charge in [0, 0.05) is 0 Å². The van der Waals surface area contributed by atoms with Crippen molar-refractivity contribution in [2.24, 2.45) is 0 Å². The van der Waals surface area contributed by atoms with Crippen LogP contribution in [0, 0.1) is 0 Å². The van der Waals surface area contributed by atoms with Crippen molar-refractivity contribution < 1.29 is 6.48 Å². The first-order chi connectivity index (χ1) is 4.83. The van der Waals surface area contributed by atoms with Crippen molar-refractivity contribution in [2.45, 2.75) is 0 Å². The maximum absolute atomic E-state index is 8.94. The third kappa shape index (κ3) is 1.32. The molecule has 1 aromatic rings. The highest BCUT2D eigenvalue weighted by Gasteiger charge is 1.85. The fraction of sp³-hybridized carbons (Fsp3) is 0. The lowest BCUT2D eigenvalue weighted by atomic mass is 10.2. The van der Waals surface area contributed by atoms with E-state index in [2.05, 4.69) is 0 Å². The number of aromatic hydroxyl groups is 1. The van der Waals surface area contributed by atoms with E-state index in [1.165, 1.54) is 6.55 Å². The molecule has 0 saturated carbocycles. The molecule has 1 N–H and O–H groups in total. The van der Waals surface area contributed by atoms with Crippen molar-refractivity contribution >= 4 is 6.08 Å². The molecule has 9 heavy (non-hydrogen) atoms. The first-order valence-corrected chi connectivity index (χ1v) is 2.67. The first kappa shape index (κ1) is 4.62. The molecule has 0 fully saturated rings. The van der Waals surface area contributed by atoms with Gasteiger partial charge >= 0.3 is 0 Å². The molecule has 0 amide bonds. The highest BCUT2D eigenvalue weighted by Crippen LogP contribution is 2.10. The zero-order valence-electron chi connectivity index (χ0n) is 5.91. The van der Waals surface area contributed by atoms with Gasteiger partial charge in [-0.1, -0.05) is 24.8 Å². The van der Waals surface area contributed by atoms with Crippen molar-refractivity contribution in [3.63, 3.8) is 0 Å². The molecule has 1 aromatic carbocycles. The zero-order chi connectivity index (χ0) is 7.40. The molecule has 0 atom stereocenters. The van der Waals surface area contributed by atoms with Crippen LogP contribution in [0.1, 0.15) is 6.93 Å². The van der Waals surface area contributed by atoms with Crippen LogP contribution in [0.2, 0.25) is 0 Å². The lowest BCUT2D eigenvalue weighted by Gasteiger charge is -1.91. The summed E-state index contributed by atoms with van der Waals surface area (Å²) >= 11 is 0. The van der Waals surface area contributed by atoms with Gasteiger partial charge < -0.3 is 5.11 Å². The van der Waals surface area contributed by atoms with Crippen molar-refractivity contribution in [1.82, 2.24) is 0 Å². The van der Waals surface area contributed by atoms with E-state index < -0.39 is 0 Å². The monoisotopic (exact) mass is 121 g/mol. The second-order valence-electron chi connectivity index (χ2n) is 1.76. The zero-order valence-corrected chi connectivity index (χ0v) is 4.91. The van der Waals surface area contributed by atoms with Crippen LogP contribution in [0.3, 0.4) is 0 Å². The topological polar surface area (TPSA) is 20.2 Å². The van der Waals surface area contributed by atoms with Gasteiger partial charge in [0.05, 0.1) is 1.37 Å². The minimum atomic E-state index is 0.232. The maximum Gasteiger partial charge on any atom is 0.116 e. The quantitative estimate of drug-likeness (QED) is 0.602. The maximum atomic E-state index is 8.94. The van der Waals surface area contributed by atoms with Crippen LogP contribution in [0.4, 0.5) is 0 Å². The SMILES string of the molecule is [2H]C=Cc1cccc(O)c1. The summed E-state index contributed by atoms with van der Waals surface area (Å²) in [5.74, 6) is 0.232. The van der Waals surface area contributed by atoms with Crippen LogP contribution in [-0.2, 0) is 0 Å². The largest absolute Gasteiger partial charge is 0.508 e. The summed E-state index contributed by atoms with van der Waals surface area (Å²) in [5.41, 5.74) is 0.843. The van der Waals surface area contributed by atoms with Crippen LogP contribution in [0.15, 0.2) is 30.8 Å². The number of rotatable bonds is 1. The molecule has 1 nitrogen and oxygen atoms in total. The summed E-state index contributed by atoms with van der Waals surface area (Å²) < 4.78 is 6.75. The lowest BCUT2D eigenvalue weighted by molar-refractivity contribution is 0.475. The van der Waals surface area contributed by atoms with Crippen LogP contribution in [-0.4, -0.2) is 5.11 Å². The molecule has 46 valence electrons. The van der Waals surface area contributed by atoms with Gasteiger partial charge in [-0.2, -0.15) is 0 Å². The average molecular weight is 121 g/mol. The Hall–Kier alpha value is -1.24. The van der Waals surface area contributed by atoms with Gasteiger partial charge in [0.25, 0.3) is 0 Å². The van der Waals surface area contributed by atoms with E-state index in [0.717, 1.165) is 5.56 Å². The van der Waals surface area contributed by atoms with Crippen LogP contribution in [0.25, 0.3) is 6.08 Å². The Bertz CT molecular complexity index is 243. The molecule has 0 saturated heterocycles. The predicted molar refractivity (Wildman–Crippen MR) is 38.2 cm³/mol. The molecule has 0 spiro atoms. The van der Waals surface area contributed by atoms with E-state index in [-0.39, 0.29) is 5.75 Å². The summed E-state index contributed by atoms with van der Waals surface area (Å²) in [5, 5.41) is 8.94. The van der Waals surface area contributed by atoms with E-state index in [9.17, 15) is 0 Å². The molecule has 0 unspecified atom stereocenters. The van der Waals surface area contributed by atoms with Crippen molar-refractivity contribution in [2.75, 3.05) is 0 Å². The molecule has 0 aromatic heterocycles. The summed E-state index contributed by atoms with van der Waals surface area (Å²) in [7, 11) is 0. The normalized spacial score (nSPS) is 11.8. The summed E-state index contributed by atoms with van der Waals surface area (Å²) in [4.78, 5) is 0. The van der Waals surface area contributed by atoms with Gasteiger partial charge in [-0.05, 0) is 17.7 Å². The number of phenolic OH excluding ortho intramolecular Hbond substituents is 1. The van der Waals surface area contributed by atoms with Crippen LogP contribution < -0.4 is 0 Å². The minimum absolute atomic E-state index is 0.232. The molecule has 0 heterocycles. The molecule has 0 radical (unpaired) electrons. The second kappa shape index (κ2) is 2.35. The predicted octanol–water partition coefficient (Wildman–Crippen LogP) is 2.04. The first-order valence-electron chi connectivity index (χ1n) is 3.24. The fourth-order valence-electron chi connectivity index (χ4n) is 0.628. The highest BCUT2D eigenvalue weighted by molar-refractivity contribution is 5.49. The van der Waals surface area contributed by atoms with Gasteiger partial charge in [0.15, 0.2) is 0 Å². The summed E-state index contributed by atoms with van der Waals surface area (Å²) in [6.07, 6.45) is 1.61. The standard InChI is InChI=1S/C8H8O/c1-2-7-4-3-5-8(9)6-7/h2-6,9H,1H2/i1D. The molecule has 1 rings (SSSR count). The Morgan fingerprint density at radius 1 is 1.67 bits per heavy atom. The molecule has 0 aliphatic heterocycles. The number of hydrogen-bond donors (Lipinski definition) is 1. The number of hydrogen-bond acceptors (Lipinski definition) is 1. The second-order valence-corrected chi connectivity index (χ2v) is 1.76. The molecular formula is C8H8O. The number of phenols is 1. The Balaban J connectivity index is 2.95. The third-order valence-electron chi connectivity index (χ3n) is 1.06. The Labute approximate surface area is 55.7 Å². The van der Waals surface area contributed by atoms with E-state index in [4.69, 9.17) is 6.48 Å². The van der Waals surface area contributed by atoms with Gasteiger partial charge in [-0.25, -0.2) is 0 Å². The van der Waals surface area contributed by atoms with Gasteiger partial charge in [-0.15, -0.1) is 0 Å². The van der Waals surface area contributed by atoms with E-state index in [1.54, 1.807) is 24.3 Å². The van der Waals surface area contributed by atoms with E-state index in [0.29, 0.717) is 0 Å². The minimum Gasteiger partial charge on any atom is -0.508 e. The molecule has 0 bridgehead atoms.